The predicted molar refractivity (Wildman–Crippen MR) is 175 cm³/mol. The highest BCUT2D eigenvalue weighted by Crippen LogP contribution is 2.49. The van der Waals surface area contributed by atoms with Crippen molar-refractivity contribution in [3.8, 4) is 0 Å². The maximum atomic E-state index is 11.9. The van der Waals surface area contributed by atoms with Gasteiger partial charge in [-0.05, 0) is 72.4 Å². The Morgan fingerprint density at radius 2 is 1.77 bits per heavy atom. The average molecular weight is 597 g/mol. The SMILES string of the molecule is C=C(C)CC(C)(C)OC(=O)CCCC[C@]1(C)CCSS1.CC.CC(=O)CCCNC(=O)c1cccnc1.CCC. The number of amides is 1. The molecule has 0 spiro atoms. The Labute approximate surface area is 253 Å². The maximum Gasteiger partial charge on any atom is 0.306 e. The number of pyridine rings is 1. The van der Waals surface area contributed by atoms with Crippen LogP contribution in [0.1, 0.15) is 130 Å². The second-order valence-corrected chi connectivity index (χ2v) is 13.7. The molecule has 1 amide bonds. The van der Waals surface area contributed by atoms with Crippen LogP contribution in [0, 0.1) is 0 Å². The Morgan fingerprint density at radius 3 is 2.27 bits per heavy atom. The van der Waals surface area contributed by atoms with Gasteiger partial charge in [-0.1, -0.05) is 74.3 Å². The molecule has 1 atom stereocenters. The van der Waals surface area contributed by atoms with Gasteiger partial charge < -0.3 is 14.8 Å². The minimum absolute atomic E-state index is 0.0742. The monoisotopic (exact) mass is 596 g/mol. The second kappa shape index (κ2) is 23.9. The first-order valence-electron chi connectivity index (χ1n) is 14.7. The van der Waals surface area contributed by atoms with Crippen LogP contribution < -0.4 is 5.32 Å². The van der Waals surface area contributed by atoms with Crippen LogP contribution >= 0.6 is 21.6 Å². The third-order valence-corrected chi connectivity index (χ3v) is 8.70. The first-order chi connectivity index (χ1) is 18.8. The molecular weight excluding hydrogens is 540 g/mol. The van der Waals surface area contributed by atoms with Gasteiger partial charge >= 0.3 is 5.97 Å². The summed E-state index contributed by atoms with van der Waals surface area (Å²) in [6.07, 6.45) is 11.4. The van der Waals surface area contributed by atoms with Gasteiger partial charge in [0.05, 0.1) is 5.56 Å². The Bertz CT molecular complexity index is 839. The van der Waals surface area contributed by atoms with Crippen molar-refractivity contribution < 1.29 is 19.1 Å². The molecule has 0 bridgehead atoms. The summed E-state index contributed by atoms with van der Waals surface area (Å²) in [7, 11) is 3.99. The Hall–Kier alpha value is -1.80. The van der Waals surface area contributed by atoms with Gasteiger partial charge in [-0.15, -0.1) is 0 Å². The molecule has 230 valence electrons. The van der Waals surface area contributed by atoms with Gasteiger partial charge in [0.15, 0.2) is 0 Å². The molecule has 0 radical (unpaired) electrons. The lowest BCUT2D eigenvalue weighted by molar-refractivity contribution is -0.156. The number of carbonyl (C=O) groups is 3. The summed E-state index contributed by atoms with van der Waals surface area (Å²) in [5.41, 5.74) is 1.17. The van der Waals surface area contributed by atoms with Crippen molar-refractivity contribution in [3.05, 3.63) is 42.2 Å². The number of nitrogens with one attached hydrogen (secondary N) is 1. The van der Waals surface area contributed by atoms with Gasteiger partial charge in [-0.3, -0.25) is 14.6 Å². The number of nitrogens with zero attached hydrogens (tertiary/aromatic N) is 1. The molecule has 8 heteroatoms. The fourth-order valence-corrected chi connectivity index (χ4v) is 6.98. The number of rotatable bonds is 13. The average Bonchev–Trinajstić information content (AvgIpc) is 3.32. The quantitative estimate of drug-likeness (QED) is 0.105. The van der Waals surface area contributed by atoms with Gasteiger partial charge in [0.2, 0.25) is 0 Å². The van der Waals surface area contributed by atoms with Crippen LogP contribution in [0.4, 0.5) is 0 Å². The van der Waals surface area contributed by atoms with Crippen molar-refractivity contribution >= 4 is 39.2 Å². The van der Waals surface area contributed by atoms with Crippen LogP contribution in [-0.2, 0) is 14.3 Å². The van der Waals surface area contributed by atoms with Crippen molar-refractivity contribution in [2.45, 2.75) is 130 Å². The van der Waals surface area contributed by atoms with Gasteiger partial charge in [-0.25, -0.2) is 0 Å². The molecule has 1 aromatic rings. The van der Waals surface area contributed by atoms with Crippen molar-refractivity contribution in [2.24, 2.45) is 0 Å². The molecule has 1 aliphatic heterocycles. The van der Waals surface area contributed by atoms with Gasteiger partial charge in [0.1, 0.15) is 11.4 Å². The van der Waals surface area contributed by atoms with Crippen molar-refractivity contribution in [2.75, 3.05) is 12.3 Å². The fraction of sp³-hybridized carbons (Fsp3) is 0.688. The summed E-state index contributed by atoms with van der Waals surface area (Å²) in [6.45, 7) is 22.4. The summed E-state index contributed by atoms with van der Waals surface area (Å²) in [5, 5.41) is 2.72. The number of hydrogen-bond donors (Lipinski definition) is 1. The Morgan fingerprint density at radius 1 is 1.12 bits per heavy atom. The van der Waals surface area contributed by atoms with Crippen molar-refractivity contribution in [1.82, 2.24) is 10.3 Å². The molecule has 0 unspecified atom stereocenters. The molecule has 0 aromatic carbocycles. The first-order valence-corrected chi connectivity index (χ1v) is 17.0. The molecule has 1 aromatic heterocycles. The van der Waals surface area contributed by atoms with Crippen LogP contribution in [0.2, 0.25) is 0 Å². The summed E-state index contributed by atoms with van der Waals surface area (Å²) in [6, 6.07) is 3.41. The molecule has 1 N–H and O–H groups in total. The minimum Gasteiger partial charge on any atom is -0.459 e. The van der Waals surface area contributed by atoms with Gasteiger partial charge in [0, 0.05) is 48.7 Å². The van der Waals surface area contributed by atoms with Crippen LogP contribution in [0.25, 0.3) is 0 Å². The molecule has 1 aliphatic rings. The van der Waals surface area contributed by atoms with E-state index in [0.29, 0.717) is 36.1 Å². The molecular formula is C32H56N2O4S2. The number of carbonyl (C=O) groups excluding carboxylic acids is 3. The summed E-state index contributed by atoms with van der Waals surface area (Å²) in [5.74, 6) is 1.19. The number of aromatic nitrogens is 1. The zero-order valence-electron chi connectivity index (χ0n) is 26.7. The number of ketones is 1. The topological polar surface area (TPSA) is 85.4 Å². The summed E-state index contributed by atoms with van der Waals surface area (Å²) in [4.78, 5) is 37.8. The predicted octanol–water partition coefficient (Wildman–Crippen LogP) is 9.00. The maximum absolute atomic E-state index is 11.9. The number of esters is 1. The summed E-state index contributed by atoms with van der Waals surface area (Å²) >= 11 is 0. The van der Waals surface area contributed by atoms with E-state index in [1.54, 1.807) is 25.3 Å². The van der Waals surface area contributed by atoms with Crippen molar-refractivity contribution in [1.29, 1.82) is 0 Å². The smallest absolute Gasteiger partial charge is 0.306 e. The number of Topliss-reactive ketones (excluding diaryl/α,β-unsaturated/α-hetero) is 1. The molecule has 40 heavy (non-hydrogen) atoms. The van der Waals surface area contributed by atoms with Crippen LogP contribution in [0.5, 0.6) is 0 Å². The lowest BCUT2D eigenvalue weighted by Crippen LogP contribution is -2.28. The molecule has 2 rings (SSSR count). The van der Waals surface area contributed by atoms with E-state index in [9.17, 15) is 14.4 Å². The van der Waals surface area contributed by atoms with E-state index >= 15 is 0 Å². The third-order valence-electron chi connectivity index (χ3n) is 5.34. The van der Waals surface area contributed by atoms with Crippen LogP contribution in [0.15, 0.2) is 36.7 Å². The van der Waals surface area contributed by atoms with Crippen LogP contribution in [0.3, 0.4) is 0 Å². The number of unbranched alkanes of at least 4 members (excludes halogenated alkanes) is 1. The molecule has 0 aliphatic carbocycles. The lowest BCUT2D eigenvalue weighted by atomic mass is 9.99. The van der Waals surface area contributed by atoms with Gasteiger partial charge in [-0.2, -0.15) is 0 Å². The zero-order chi connectivity index (χ0) is 31.0. The number of hydrogen-bond acceptors (Lipinski definition) is 7. The van der Waals surface area contributed by atoms with Gasteiger partial charge in [0.25, 0.3) is 5.91 Å². The highest BCUT2D eigenvalue weighted by atomic mass is 33.1. The third kappa shape index (κ3) is 23.0. The lowest BCUT2D eigenvalue weighted by Gasteiger charge is -2.25. The second-order valence-electron chi connectivity index (χ2n) is 10.7. The number of ether oxygens (including phenoxy) is 1. The fourth-order valence-electron chi connectivity index (χ4n) is 3.68. The largest absolute Gasteiger partial charge is 0.459 e. The molecule has 2 heterocycles. The molecule has 6 nitrogen and oxygen atoms in total. The van der Waals surface area contributed by atoms with E-state index in [0.717, 1.165) is 24.8 Å². The van der Waals surface area contributed by atoms with Crippen molar-refractivity contribution in [3.63, 3.8) is 0 Å². The van der Waals surface area contributed by atoms with Crippen LogP contribution in [-0.4, -0.2) is 45.3 Å². The zero-order valence-corrected chi connectivity index (χ0v) is 28.3. The van der Waals surface area contributed by atoms with E-state index in [4.69, 9.17) is 4.74 Å². The van der Waals surface area contributed by atoms with E-state index in [2.05, 4.69) is 37.7 Å². The first kappa shape index (κ1) is 40.3. The standard InChI is InChI=1S/C16H28O2S2.C11H14N2O2.C3H8.C2H6/c1-13(2)12-15(3,4)18-14(17)8-6-7-9-16(5)10-11-19-20-16;1-9(14)4-2-7-13-11(15)10-5-3-6-12-8-10;1-3-2;1-2/h1,6-12H2,2-5H3;3,5-6,8H,2,4,7H2,1H3,(H,13,15);3H2,1-2H3;1-2H3/t16-;;;/m1.../s1. The molecule has 1 fully saturated rings. The van der Waals surface area contributed by atoms with E-state index in [1.165, 1.54) is 31.2 Å². The summed E-state index contributed by atoms with van der Waals surface area (Å²) < 4.78 is 5.96. The van der Waals surface area contributed by atoms with E-state index < -0.39 is 5.60 Å². The Balaban J connectivity index is 0. The minimum atomic E-state index is -0.424. The van der Waals surface area contributed by atoms with E-state index in [-0.39, 0.29) is 17.7 Å². The molecule has 1 saturated heterocycles. The highest BCUT2D eigenvalue weighted by Gasteiger charge is 2.30. The highest BCUT2D eigenvalue weighted by molar-refractivity contribution is 8.77. The molecule has 0 saturated carbocycles. The van der Waals surface area contributed by atoms with E-state index in [1.807, 2.05) is 56.2 Å². The Kier molecular flexibility index (Phi) is 24.1. The normalized spacial score (nSPS) is 15.6.